The highest BCUT2D eigenvalue weighted by Gasteiger charge is 2.20. The van der Waals surface area contributed by atoms with Gasteiger partial charge in [-0.1, -0.05) is 45.5 Å². The fourth-order valence-corrected chi connectivity index (χ4v) is 4.12. The summed E-state index contributed by atoms with van der Waals surface area (Å²) in [4.78, 5) is 12.8. The number of fused-ring (bicyclic) bond motifs is 1. The van der Waals surface area contributed by atoms with Crippen LogP contribution in [0.25, 0.3) is 10.9 Å². The average molecular weight is 503 g/mol. The molecule has 0 fully saturated rings. The van der Waals surface area contributed by atoms with Crippen LogP contribution in [0.15, 0.2) is 58.0 Å². The first-order valence-corrected chi connectivity index (χ1v) is 11.8. The van der Waals surface area contributed by atoms with E-state index < -0.39 is 21.7 Å². The Hall–Kier alpha value is -2.60. The van der Waals surface area contributed by atoms with Crippen LogP contribution in [-0.4, -0.2) is 31.2 Å². The number of ether oxygens (including phenoxy) is 1. The molecule has 2 aromatic carbocycles. The van der Waals surface area contributed by atoms with Gasteiger partial charge in [-0.05, 0) is 58.0 Å². The van der Waals surface area contributed by atoms with Crippen LogP contribution in [0.5, 0.6) is 0 Å². The van der Waals surface area contributed by atoms with Gasteiger partial charge in [0.1, 0.15) is 5.60 Å². The second-order valence-corrected chi connectivity index (χ2v) is 10.7. The number of halogens is 1. The number of carbonyl (C=O) groups excluding carboxylic acids is 1. The summed E-state index contributed by atoms with van der Waals surface area (Å²) >= 11 is 3.44. The number of rotatable bonds is 3. The highest BCUT2D eigenvalue weighted by molar-refractivity contribution is 9.10. The van der Waals surface area contributed by atoms with Gasteiger partial charge in [0.05, 0.1) is 22.5 Å². The number of nitrogens with zero attached hydrogens (tertiary/aromatic N) is 1. The third-order valence-corrected chi connectivity index (χ3v) is 6.17. The van der Waals surface area contributed by atoms with Crippen molar-refractivity contribution >= 4 is 42.9 Å². The molecule has 0 amide bonds. The molecule has 0 atom stereocenters. The standard InChI is InChI=1S/C23H23BrN2O4S/c1-16-7-10-19(11-8-16)31(28,29)25-13-5-6-17-15-26(22(27)30-23(2,3)4)21-12-9-18(24)14-20(17)21/h7-12,14-15,25H,13H2,1-4H3. The van der Waals surface area contributed by atoms with Crippen molar-refractivity contribution in [2.75, 3.05) is 6.54 Å². The van der Waals surface area contributed by atoms with E-state index in [4.69, 9.17) is 4.74 Å². The molecule has 0 unspecified atom stereocenters. The molecule has 1 aromatic heterocycles. The van der Waals surface area contributed by atoms with Crippen LogP contribution in [0.1, 0.15) is 31.9 Å². The summed E-state index contributed by atoms with van der Waals surface area (Å²) < 4.78 is 35.0. The molecule has 0 spiro atoms. The van der Waals surface area contributed by atoms with Gasteiger partial charge in [0.15, 0.2) is 0 Å². The zero-order valence-corrected chi connectivity index (χ0v) is 20.1. The van der Waals surface area contributed by atoms with E-state index in [1.807, 2.05) is 19.1 Å². The Bertz CT molecular complexity index is 1290. The van der Waals surface area contributed by atoms with Crippen molar-refractivity contribution in [1.82, 2.24) is 9.29 Å². The number of carbonyl (C=O) groups is 1. The van der Waals surface area contributed by atoms with Crippen molar-refractivity contribution in [3.8, 4) is 11.8 Å². The smallest absolute Gasteiger partial charge is 0.419 e. The van der Waals surface area contributed by atoms with Crippen LogP contribution in [0.3, 0.4) is 0 Å². The molecule has 0 bridgehead atoms. The van der Waals surface area contributed by atoms with Crippen molar-refractivity contribution in [2.24, 2.45) is 0 Å². The zero-order valence-electron chi connectivity index (χ0n) is 17.7. The summed E-state index contributed by atoms with van der Waals surface area (Å²) in [5.74, 6) is 5.79. The SMILES string of the molecule is Cc1ccc(S(=O)(=O)NCC#Cc2cn(C(=O)OC(C)(C)C)c3ccc(Br)cc23)cc1. The predicted octanol–water partition coefficient (Wildman–Crippen LogP) is 4.83. The zero-order chi connectivity index (χ0) is 22.8. The molecule has 0 saturated heterocycles. The van der Waals surface area contributed by atoms with Crippen LogP contribution in [-0.2, 0) is 14.8 Å². The highest BCUT2D eigenvalue weighted by atomic mass is 79.9. The van der Waals surface area contributed by atoms with Gasteiger partial charge in [-0.3, -0.25) is 4.57 Å². The Morgan fingerprint density at radius 2 is 1.84 bits per heavy atom. The fraction of sp³-hybridized carbons (Fsp3) is 0.261. The Labute approximate surface area is 190 Å². The molecule has 162 valence electrons. The van der Waals surface area contributed by atoms with Crippen molar-refractivity contribution in [2.45, 2.75) is 38.2 Å². The topological polar surface area (TPSA) is 77.4 Å². The van der Waals surface area contributed by atoms with Gasteiger partial charge in [-0.25, -0.2) is 13.2 Å². The Kier molecular flexibility index (Phi) is 6.60. The van der Waals surface area contributed by atoms with Gasteiger partial charge in [0, 0.05) is 16.1 Å². The van der Waals surface area contributed by atoms with Crippen LogP contribution in [0.4, 0.5) is 4.79 Å². The quantitative estimate of drug-likeness (QED) is 0.520. The van der Waals surface area contributed by atoms with E-state index in [0.717, 1.165) is 15.4 Å². The minimum Gasteiger partial charge on any atom is -0.443 e. The number of aromatic nitrogens is 1. The number of hydrogen-bond donors (Lipinski definition) is 1. The summed E-state index contributed by atoms with van der Waals surface area (Å²) in [6, 6.07) is 12.1. The lowest BCUT2D eigenvalue weighted by atomic mass is 10.2. The second kappa shape index (κ2) is 8.87. The number of sulfonamides is 1. The molecule has 31 heavy (non-hydrogen) atoms. The van der Waals surface area contributed by atoms with Gasteiger partial charge in [0.2, 0.25) is 10.0 Å². The predicted molar refractivity (Wildman–Crippen MR) is 125 cm³/mol. The van der Waals surface area contributed by atoms with E-state index in [9.17, 15) is 13.2 Å². The summed E-state index contributed by atoms with van der Waals surface area (Å²) in [6.07, 6.45) is 1.10. The number of hydrogen-bond acceptors (Lipinski definition) is 4. The molecule has 3 rings (SSSR count). The normalized spacial score (nSPS) is 11.8. The molecule has 0 aliphatic rings. The Balaban J connectivity index is 1.85. The highest BCUT2D eigenvalue weighted by Crippen LogP contribution is 2.26. The summed E-state index contributed by atoms with van der Waals surface area (Å²) in [7, 11) is -3.65. The monoisotopic (exact) mass is 502 g/mol. The van der Waals surface area contributed by atoms with E-state index in [1.165, 1.54) is 4.57 Å². The molecule has 3 aromatic rings. The minimum atomic E-state index is -3.65. The van der Waals surface area contributed by atoms with Crippen LogP contribution < -0.4 is 4.72 Å². The Morgan fingerprint density at radius 1 is 1.16 bits per heavy atom. The molecule has 0 saturated carbocycles. The second-order valence-electron chi connectivity index (χ2n) is 7.99. The molecule has 0 aliphatic carbocycles. The fourth-order valence-electron chi connectivity index (χ4n) is 2.84. The maximum absolute atomic E-state index is 12.6. The molecule has 1 N–H and O–H groups in total. The summed E-state index contributed by atoms with van der Waals surface area (Å²) in [5.41, 5.74) is 1.59. The summed E-state index contributed by atoms with van der Waals surface area (Å²) in [6.45, 7) is 7.22. The van der Waals surface area contributed by atoms with E-state index in [2.05, 4.69) is 32.5 Å². The van der Waals surface area contributed by atoms with Crippen LogP contribution >= 0.6 is 15.9 Å². The molecule has 8 heteroatoms. The number of benzene rings is 2. The molecule has 0 aliphatic heterocycles. The average Bonchev–Trinajstić information content (AvgIpc) is 3.02. The lowest BCUT2D eigenvalue weighted by Gasteiger charge is -2.19. The van der Waals surface area contributed by atoms with E-state index >= 15 is 0 Å². The molecular formula is C23H23BrN2O4S. The third kappa shape index (κ3) is 5.76. The van der Waals surface area contributed by atoms with Gasteiger partial charge in [-0.2, -0.15) is 4.72 Å². The lowest BCUT2D eigenvalue weighted by Crippen LogP contribution is -2.26. The van der Waals surface area contributed by atoms with E-state index in [-0.39, 0.29) is 11.4 Å². The minimum absolute atomic E-state index is 0.0661. The Morgan fingerprint density at radius 3 is 2.48 bits per heavy atom. The number of nitrogens with one attached hydrogen (secondary N) is 1. The molecule has 0 radical (unpaired) electrons. The van der Waals surface area contributed by atoms with E-state index in [1.54, 1.807) is 57.3 Å². The van der Waals surface area contributed by atoms with Crippen molar-refractivity contribution in [3.05, 3.63) is 64.3 Å². The van der Waals surface area contributed by atoms with Crippen molar-refractivity contribution < 1.29 is 17.9 Å². The first kappa shape index (κ1) is 23.1. The summed E-state index contributed by atoms with van der Waals surface area (Å²) in [5, 5.41) is 0.758. The van der Waals surface area contributed by atoms with Crippen molar-refractivity contribution in [1.29, 1.82) is 0 Å². The third-order valence-electron chi connectivity index (χ3n) is 4.26. The number of aryl methyl sites for hydroxylation is 1. The van der Waals surface area contributed by atoms with Crippen molar-refractivity contribution in [3.63, 3.8) is 0 Å². The largest absolute Gasteiger partial charge is 0.443 e. The van der Waals surface area contributed by atoms with Crippen LogP contribution in [0.2, 0.25) is 0 Å². The van der Waals surface area contributed by atoms with Gasteiger partial charge >= 0.3 is 6.09 Å². The molecule has 6 nitrogen and oxygen atoms in total. The van der Waals surface area contributed by atoms with Gasteiger partial charge < -0.3 is 4.74 Å². The first-order valence-electron chi connectivity index (χ1n) is 9.55. The van der Waals surface area contributed by atoms with E-state index in [0.29, 0.717) is 11.1 Å². The maximum Gasteiger partial charge on any atom is 0.419 e. The van der Waals surface area contributed by atoms with Gasteiger partial charge in [0.25, 0.3) is 0 Å². The molecule has 1 heterocycles. The van der Waals surface area contributed by atoms with Gasteiger partial charge in [-0.15, -0.1) is 0 Å². The molecular weight excluding hydrogens is 480 g/mol. The first-order chi connectivity index (χ1) is 14.5. The lowest BCUT2D eigenvalue weighted by molar-refractivity contribution is 0.0544. The maximum atomic E-state index is 12.6. The van der Waals surface area contributed by atoms with Crippen LogP contribution in [0, 0.1) is 18.8 Å².